The fourth-order valence-corrected chi connectivity index (χ4v) is 1.68. The van der Waals surface area contributed by atoms with Gasteiger partial charge in [0.1, 0.15) is 19.0 Å². The van der Waals surface area contributed by atoms with E-state index in [0.29, 0.717) is 11.4 Å². The standard InChI is InChI=1S/C17H17NO5/c1-13(19)21-11-15-7-8-16(9-18-15)22-12-17(20)23-10-14-5-3-2-4-6-14/h2-9H,10-12H2,1H3. The lowest BCUT2D eigenvalue weighted by Crippen LogP contribution is -2.14. The number of carbonyl (C=O) groups excluding carboxylic acids is 2. The zero-order chi connectivity index (χ0) is 16.5. The van der Waals surface area contributed by atoms with Gasteiger partial charge in [-0.05, 0) is 17.7 Å². The van der Waals surface area contributed by atoms with Crippen molar-refractivity contribution in [2.24, 2.45) is 0 Å². The predicted octanol–water partition coefficient (Wildman–Crippen LogP) is 2.27. The second-order valence-electron chi connectivity index (χ2n) is 4.70. The van der Waals surface area contributed by atoms with Gasteiger partial charge in [-0.25, -0.2) is 4.79 Å². The number of ether oxygens (including phenoxy) is 3. The van der Waals surface area contributed by atoms with Crippen molar-refractivity contribution in [1.29, 1.82) is 0 Å². The number of nitrogens with zero attached hydrogens (tertiary/aromatic N) is 1. The molecule has 0 unspecified atom stereocenters. The van der Waals surface area contributed by atoms with Crippen molar-refractivity contribution in [2.45, 2.75) is 20.1 Å². The van der Waals surface area contributed by atoms with Crippen molar-refractivity contribution in [1.82, 2.24) is 4.98 Å². The molecule has 0 aliphatic carbocycles. The van der Waals surface area contributed by atoms with Crippen LogP contribution in [0.15, 0.2) is 48.7 Å². The second kappa shape index (κ2) is 8.53. The van der Waals surface area contributed by atoms with Gasteiger partial charge in [-0.15, -0.1) is 0 Å². The van der Waals surface area contributed by atoms with E-state index in [-0.39, 0.29) is 25.8 Å². The van der Waals surface area contributed by atoms with Gasteiger partial charge >= 0.3 is 11.9 Å². The Morgan fingerprint density at radius 3 is 2.43 bits per heavy atom. The first kappa shape index (κ1) is 16.5. The van der Waals surface area contributed by atoms with E-state index in [9.17, 15) is 9.59 Å². The molecule has 0 fully saturated rings. The van der Waals surface area contributed by atoms with Crippen molar-refractivity contribution in [3.05, 3.63) is 59.9 Å². The molecule has 1 heterocycles. The molecule has 1 aromatic carbocycles. The minimum atomic E-state index is -0.460. The minimum Gasteiger partial charge on any atom is -0.480 e. The minimum absolute atomic E-state index is 0.106. The molecule has 0 amide bonds. The molecule has 120 valence electrons. The van der Waals surface area contributed by atoms with Crippen LogP contribution in [-0.4, -0.2) is 23.5 Å². The topological polar surface area (TPSA) is 74.7 Å². The molecule has 2 rings (SSSR count). The molecule has 0 bridgehead atoms. The summed E-state index contributed by atoms with van der Waals surface area (Å²) in [7, 11) is 0. The highest BCUT2D eigenvalue weighted by molar-refractivity contribution is 5.71. The van der Waals surface area contributed by atoms with Crippen molar-refractivity contribution >= 4 is 11.9 Å². The Kier molecular flexibility index (Phi) is 6.11. The largest absolute Gasteiger partial charge is 0.480 e. The summed E-state index contributed by atoms with van der Waals surface area (Å²) in [6.07, 6.45) is 1.46. The summed E-state index contributed by atoms with van der Waals surface area (Å²) in [5.74, 6) is -0.389. The SMILES string of the molecule is CC(=O)OCc1ccc(OCC(=O)OCc2ccccc2)cn1. The van der Waals surface area contributed by atoms with E-state index in [1.807, 2.05) is 30.3 Å². The van der Waals surface area contributed by atoms with E-state index in [1.165, 1.54) is 13.1 Å². The highest BCUT2D eigenvalue weighted by Gasteiger charge is 2.06. The molecule has 6 heteroatoms. The van der Waals surface area contributed by atoms with Gasteiger partial charge in [0.25, 0.3) is 0 Å². The van der Waals surface area contributed by atoms with E-state index in [4.69, 9.17) is 14.2 Å². The van der Waals surface area contributed by atoms with Crippen molar-refractivity contribution < 1.29 is 23.8 Å². The Labute approximate surface area is 134 Å². The number of pyridine rings is 1. The number of aromatic nitrogens is 1. The van der Waals surface area contributed by atoms with E-state index < -0.39 is 5.97 Å². The number of benzene rings is 1. The molecule has 2 aromatic rings. The second-order valence-corrected chi connectivity index (χ2v) is 4.70. The zero-order valence-electron chi connectivity index (χ0n) is 12.7. The van der Waals surface area contributed by atoms with Crippen molar-refractivity contribution in [3.63, 3.8) is 0 Å². The van der Waals surface area contributed by atoms with Gasteiger partial charge < -0.3 is 14.2 Å². The molecule has 0 spiro atoms. The molecule has 0 aliphatic heterocycles. The molecule has 0 N–H and O–H groups in total. The number of hydrogen-bond acceptors (Lipinski definition) is 6. The van der Waals surface area contributed by atoms with Crippen LogP contribution in [0.4, 0.5) is 0 Å². The Morgan fingerprint density at radius 1 is 1.00 bits per heavy atom. The van der Waals surface area contributed by atoms with Gasteiger partial charge in [-0.2, -0.15) is 0 Å². The normalized spacial score (nSPS) is 9.96. The van der Waals surface area contributed by atoms with Crippen molar-refractivity contribution in [3.8, 4) is 5.75 Å². The average Bonchev–Trinajstić information content (AvgIpc) is 2.58. The molecule has 0 radical (unpaired) electrons. The quantitative estimate of drug-likeness (QED) is 0.730. The lowest BCUT2D eigenvalue weighted by Gasteiger charge is -2.07. The van der Waals surface area contributed by atoms with E-state index in [1.54, 1.807) is 12.1 Å². The fraction of sp³-hybridized carbons (Fsp3) is 0.235. The summed E-state index contributed by atoms with van der Waals surface area (Å²) in [6.45, 7) is 1.45. The third kappa shape index (κ3) is 6.17. The van der Waals surface area contributed by atoms with Crippen LogP contribution < -0.4 is 4.74 Å². The molecule has 6 nitrogen and oxygen atoms in total. The number of rotatable bonds is 7. The van der Waals surface area contributed by atoms with Gasteiger partial charge in [-0.3, -0.25) is 9.78 Å². The summed E-state index contributed by atoms with van der Waals surface area (Å²) < 4.78 is 15.2. The van der Waals surface area contributed by atoms with Crippen LogP contribution in [0, 0.1) is 0 Å². The number of hydrogen-bond donors (Lipinski definition) is 0. The van der Waals surface area contributed by atoms with Crippen LogP contribution >= 0.6 is 0 Å². The summed E-state index contributed by atoms with van der Waals surface area (Å²) in [5, 5.41) is 0. The number of carbonyl (C=O) groups is 2. The Balaban J connectivity index is 1.72. The van der Waals surface area contributed by atoms with Crippen LogP contribution in [0.2, 0.25) is 0 Å². The zero-order valence-corrected chi connectivity index (χ0v) is 12.7. The molecule has 0 aliphatic rings. The summed E-state index contributed by atoms with van der Waals surface area (Å²) >= 11 is 0. The number of esters is 2. The smallest absolute Gasteiger partial charge is 0.344 e. The molecular weight excluding hydrogens is 298 g/mol. The predicted molar refractivity (Wildman–Crippen MR) is 81.4 cm³/mol. The molecule has 0 atom stereocenters. The maximum Gasteiger partial charge on any atom is 0.344 e. The third-order valence-electron chi connectivity index (χ3n) is 2.82. The first-order chi connectivity index (χ1) is 11.1. The van der Waals surface area contributed by atoms with Crippen LogP contribution in [0.5, 0.6) is 5.75 Å². The molecule has 0 saturated heterocycles. The summed E-state index contributed by atoms with van der Waals surface area (Å²) in [5.41, 5.74) is 1.51. The Bertz CT molecular complexity index is 640. The van der Waals surface area contributed by atoms with Crippen molar-refractivity contribution in [2.75, 3.05) is 6.61 Å². The highest BCUT2D eigenvalue weighted by Crippen LogP contribution is 2.10. The van der Waals surface area contributed by atoms with Crippen LogP contribution in [0.3, 0.4) is 0 Å². The van der Waals surface area contributed by atoms with Crippen LogP contribution in [0.25, 0.3) is 0 Å². The van der Waals surface area contributed by atoms with Gasteiger partial charge in [0.05, 0.1) is 11.9 Å². The fourth-order valence-electron chi connectivity index (χ4n) is 1.68. The maximum atomic E-state index is 11.6. The van der Waals surface area contributed by atoms with Gasteiger partial charge in [0.15, 0.2) is 6.61 Å². The van der Waals surface area contributed by atoms with E-state index in [2.05, 4.69) is 4.98 Å². The van der Waals surface area contributed by atoms with Gasteiger partial charge in [0.2, 0.25) is 0 Å². The highest BCUT2D eigenvalue weighted by atomic mass is 16.6. The lowest BCUT2D eigenvalue weighted by molar-refractivity contribution is -0.147. The first-order valence-electron chi connectivity index (χ1n) is 7.04. The Hall–Kier alpha value is -2.89. The third-order valence-corrected chi connectivity index (χ3v) is 2.82. The summed E-state index contributed by atoms with van der Waals surface area (Å²) in [4.78, 5) is 26.4. The lowest BCUT2D eigenvalue weighted by atomic mass is 10.2. The maximum absolute atomic E-state index is 11.6. The molecule has 0 saturated carbocycles. The van der Waals surface area contributed by atoms with Crippen LogP contribution in [0.1, 0.15) is 18.2 Å². The molecule has 1 aromatic heterocycles. The Morgan fingerprint density at radius 2 is 1.78 bits per heavy atom. The van der Waals surface area contributed by atoms with E-state index >= 15 is 0 Å². The van der Waals surface area contributed by atoms with Crippen LogP contribution in [-0.2, 0) is 32.3 Å². The van der Waals surface area contributed by atoms with E-state index in [0.717, 1.165) is 5.56 Å². The summed E-state index contributed by atoms with van der Waals surface area (Å²) in [6, 6.07) is 12.7. The first-order valence-corrected chi connectivity index (χ1v) is 7.04. The monoisotopic (exact) mass is 315 g/mol. The molecular formula is C17H17NO5. The van der Waals surface area contributed by atoms with Gasteiger partial charge in [-0.1, -0.05) is 30.3 Å². The van der Waals surface area contributed by atoms with Gasteiger partial charge in [0, 0.05) is 6.92 Å². The average molecular weight is 315 g/mol. The molecule has 23 heavy (non-hydrogen) atoms.